The van der Waals surface area contributed by atoms with Crippen molar-refractivity contribution in [2.45, 2.75) is 20.3 Å². The second-order valence-corrected chi connectivity index (χ2v) is 9.03. The first kappa shape index (κ1) is 22.4. The Morgan fingerprint density at radius 1 is 1.12 bits per heavy atom. The fourth-order valence-corrected chi connectivity index (χ4v) is 4.70. The number of imidazole rings is 1. The summed E-state index contributed by atoms with van der Waals surface area (Å²) in [6, 6.07) is 14.4. The molecule has 8 heteroatoms. The molecular formula is C26H32N6O2. The number of aryl methyl sites for hydroxylation is 2. The van der Waals surface area contributed by atoms with Crippen molar-refractivity contribution in [2.75, 3.05) is 44.7 Å². The maximum Gasteiger partial charge on any atom is 0.257 e. The zero-order valence-electron chi connectivity index (χ0n) is 20.1. The summed E-state index contributed by atoms with van der Waals surface area (Å²) in [6.45, 7) is 9.40. The fraction of sp³-hybridized carbons (Fsp3) is 0.385. The van der Waals surface area contributed by atoms with Crippen LogP contribution in [-0.4, -0.2) is 59.1 Å². The number of ether oxygens (including phenoxy) is 1. The molecule has 1 fully saturated rings. The zero-order chi connectivity index (χ0) is 23.7. The third-order valence-electron chi connectivity index (χ3n) is 6.74. The van der Waals surface area contributed by atoms with E-state index in [1.807, 2.05) is 30.7 Å². The molecule has 2 N–H and O–H groups in total. The lowest BCUT2D eigenvalue weighted by Crippen LogP contribution is -2.37. The van der Waals surface area contributed by atoms with Crippen molar-refractivity contribution in [3.05, 3.63) is 59.1 Å². The lowest BCUT2D eigenvalue weighted by atomic mass is 9.99. The van der Waals surface area contributed by atoms with E-state index in [-0.39, 0.29) is 0 Å². The maximum absolute atomic E-state index is 12.8. The summed E-state index contributed by atoms with van der Waals surface area (Å²) in [7, 11) is 1.92. The Balaban J connectivity index is 1.48. The summed E-state index contributed by atoms with van der Waals surface area (Å²) in [4.78, 5) is 2.44. The van der Waals surface area contributed by atoms with E-state index >= 15 is 0 Å². The normalized spacial score (nSPS) is 14.7. The minimum Gasteiger partial charge on any atom is -0.710 e. The van der Waals surface area contributed by atoms with Crippen LogP contribution in [0.5, 0.6) is 0 Å². The van der Waals surface area contributed by atoms with Crippen molar-refractivity contribution >= 4 is 16.9 Å². The molecule has 8 nitrogen and oxygen atoms in total. The molecule has 0 unspecified atom stereocenters. The molecule has 0 saturated carbocycles. The van der Waals surface area contributed by atoms with Crippen LogP contribution in [0.4, 0.5) is 5.82 Å². The molecule has 178 valence electrons. The summed E-state index contributed by atoms with van der Waals surface area (Å²) < 4.78 is 8.37. The Hall–Kier alpha value is -3.36. The summed E-state index contributed by atoms with van der Waals surface area (Å²) in [5.41, 5.74) is 6.73. The Labute approximate surface area is 199 Å². The molecule has 0 bridgehead atoms. The van der Waals surface area contributed by atoms with Gasteiger partial charge < -0.3 is 15.3 Å². The highest BCUT2D eigenvalue weighted by Gasteiger charge is 2.21. The fourth-order valence-electron chi connectivity index (χ4n) is 4.70. The smallest absolute Gasteiger partial charge is 0.257 e. The third kappa shape index (κ3) is 4.26. The van der Waals surface area contributed by atoms with Crippen LogP contribution in [0.1, 0.15) is 17.8 Å². The van der Waals surface area contributed by atoms with Gasteiger partial charge in [-0.25, -0.2) is 9.30 Å². The van der Waals surface area contributed by atoms with E-state index in [1.165, 1.54) is 5.56 Å². The van der Waals surface area contributed by atoms with Gasteiger partial charge in [-0.05, 0) is 49.7 Å². The van der Waals surface area contributed by atoms with Gasteiger partial charge in [0, 0.05) is 32.1 Å². The van der Waals surface area contributed by atoms with Gasteiger partial charge in [-0.15, -0.1) is 0 Å². The summed E-state index contributed by atoms with van der Waals surface area (Å²) in [5, 5.41) is 24.2. The number of H-pyrrole nitrogens is 1. The molecule has 0 atom stereocenters. The molecule has 34 heavy (non-hydrogen) atoms. The summed E-state index contributed by atoms with van der Waals surface area (Å²) >= 11 is 0. The van der Waals surface area contributed by atoms with Crippen LogP contribution in [0.3, 0.4) is 0 Å². The van der Waals surface area contributed by atoms with Crippen molar-refractivity contribution < 1.29 is 9.47 Å². The van der Waals surface area contributed by atoms with Crippen LogP contribution < -0.4 is 10.0 Å². The van der Waals surface area contributed by atoms with E-state index in [2.05, 4.69) is 57.7 Å². The molecule has 0 amide bonds. The van der Waals surface area contributed by atoms with Gasteiger partial charge in [-0.2, -0.15) is 5.10 Å². The van der Waals surface area contributed by atoms with Crippen molar-refractivity contribution in [1.29, 1.82) is 0 Å². The average Bonchev–Trinajstić information content (AvgIpc) is 3.37. The molecular weight excluding hydrogens is 428 g/mol. The molecule has 5 rings (SSSR count). The first-order valence-electron chi connectivity index (χ1n) is 11.9. The van der Waals surface area contributed by atoms with Crippen molar-refractivity contribution in [1.82, 2.24) is 19.7 Å². The predicted octanol–water partition coefficient (Wildman–Crippen LogP) is 3.62. The quantitative estimate of drug-likeness (QED) is 0.250. The van der Waals surface area contributed by atoms with Gasteiger partial charge in [0.1, 0.15) is 0 Å². The summed E-state index contributed by atoms with van der Waals surface area (Å²) in [6.07, 6.45) is 1.02. The minimum absolute atomic E-state index is 0.659. The van der Waals surface area contributed by atoms with Crippen LogP contribution in [0.15, 0.2) is 42.5 Å². The Morgan fingerprint density at radius 3 is 2.74 bits per heavy atom. The zero-order valence-corrected chi connectivity index (χ0v) is 20.1. The number of nitrogens with one attached hydrogen (secondary N) is 2. The molecule has 4 aromatic rings. The molecule has 0 radical (unpaired) electrons. The Morgan fingerprint density at radius 2 is 1.94 bits per heavy atom. The minimum atomic E-state index is 0.659. The molecule has 2 aromatic heterocycles. The van der Waals surface area contributed by atoms with Gasteiger partial charge in [-0.3, -0.25) is 10.00 Å². The summed E-state index contributed by atoms with van der Waals surface area (Å²) in [5.74, 6) is 1.47. The number of hydrogen-bond donors (Lipinski definition) is 2. The van der Waals surface area contributed by atoms with Crippen LogP contribution in [-0.2, 0) is 11.8 Å². The number of hydrogen-bond acceptors (Lipinski definition) is 5. The van der Waals surface area contributed by atoms with Gasteiger partial charge in [0.15, 0.2) is 16.9 Å². The highest BCUT2D eigenvalue weighted by molar-refractivity contribution is 5.92. The second kappa shape index (κ2) is 9.48. The lowest BCUT2D eigenvalue weighted by Gasteiger charge is -2.26. The number of aromatic nitrogens is 4. The highest BCUT2D eigenvalue weighted by atomic mass is 16.5. The monoisotopic (exact) mass is 460 g/mol. The van der Waals surface area contributed by atoms with Crippen molar-refractivity contribution in [2.24, 2.45) is 7.05 Å². The van der Waals surface area contributed by atoms with Crippen molar-refractivity contribution in [3.8, 4) is 22.4 Å². The van der Waals surface area contributed by atoms with Gasteiger partial charge in [0.25, 0.3) is 5.82 Å². The largest absolute Gasteiger partial charge is 0.710 e. The highest BCUT2D eigenvalue weighted by Crippen LogP contribution is 2.37. The molecule has 1 saturated heterocycles. The van der Waals surface area contributed by atoms with E-state index < -0.39 is 0 Å². The van der Waals surface area contributed by atoms with Crippen LogP contribution >= 0.6 is 0 Å². The van der Waals surface area contributed by atoms with E-state index in [4.69, 9.17) is 4.74 Å². The topological polar surface area (TPSA) is 85.1 Å². The second-order valence-electron chi connectivity index (χ2n) is 9.03. The number of benzene rings is 2. The number of nitrogens with zero attached hydrogens (tertiary/aromatic N) is 4. The lowest BCUT2D eigenvalue weighted by molar-refractivity contribution is -0.585. The number of anilines is 1. The first-order chi connectivity index (χ1) is 16.5. The van der Waals surface area contributed by atoms with E-state index in [0.717, 1.165) is 84.3 Å². The number of aromatic amines is 1. The molecule has 1 aliphatic rings. The van der Waals surface area contributed by atoms with E-state index in [9.17, 15) is 5.21 Å². The molecule has 2 aromatic carbocycles. The van der Waals surface area contributed by atoms with Gasteiger partial charge in [0.2, 0.25) is 0 Å². The molecule has 0 aliphatic carbocycles. The number of fused-ring (bicyclic) bond motifs is 1. The maximum atomic E-state index is 12.8. The standard InChI is InChI=1S/C26H32N6O2/c1-18-6-4-7-21(16-18)25-24(20-8-9-22-23(17-20)32(33)19(2)30(22)3)26(29-28-25)27-10-5-11-31-12-14-34-15-13-31/h4,6-9,16-17H,5,10-15H2,1-3H3,(H2,27,28,29). The Kier molecular flexibility index (Phi) is 6.26. The first-order valence-corrected chi connectivity index (χ1v) is 11.9. The van der Waals surface area contributed by atoms with Gasteiger partial charge >= 0.3 is 0 Å². The predicted molar refractivity (Wildman–Crippen MR) is 135 cm³/mol. The van der Waals surface area contributed by atoms with Crippen LogP contribution in [0.2, 0.25) is 0 Å². The van der Waals surface area contributed by atoms with Gasteiger partial charge in [-0.1, -0.05) is 23.8 Å². The van der Waals surface area contributed by atoms with Crippen LogP contribution in [0, 0.1) is 19.1 Å². The van der Waals surface area contributed by atoms with E-state index in [0.29, 0.717) is 11.3 Å². The number of rotatable bonds is 7. The number of morpholine rings is 1. The SMILES string of the molecule is Cc1cccc(-c2[nH]nc(NCCCN3CCOCC3)c2-c2ccc3c(c2)[n+]([O-])c(C)n3C)c1. The Bertz CT molecular complexity index is 1300. The third-order valence-corrected chi connectivity index (χ3v) is 6.74. The van der Waals surface area contributed by atoms with Crippen molar-refractivity contribution in [3.63, 3.8) is 0 Å². The molecule has 1 aliphatic heterocycles. The molecule has 3 heterocycles. The van der Waals surface area contributed by atoms with Gasteiger partial charge in [0.05, 0.1) is 31.5 Å². The van der Waals surface area contributed by atoms with Crippen LogP contribution in [0.25, 0.3) is 33.4 Å². The van der Waals surface area contributed by atoms with E-state index in [1.54, 1.807) is 0 Å². The molecule has 0 spiro atoms. The average molecular weight is 461 g/mol.